The Morgan fingerprint density at radius 2 is 1.85 bits per heavy atom. The lowest BCUT2D eigenvalue weighted by molar-refractivity contribution is 0.0697. The van der Waals surface area contributed by atoms with Crippen LogP contribution < -0.4 is 4.74 Å². The minimum absolute atomic E-state index is 0.00718. The summed E-state index contributed by atoms with van der Waals surface area (Å²) >= 11 is 0. The van der Waals surface area contributed by atoms with Crippen LogP contribution in [0.2, 0.25) is 0 Å². The number of methoxy groups -OCH3 is 1. The minimum Gasteiger partial charge on any atom is -0.507 e. The van der Waals surface area contributed by atoms with Crippen molar-refractivity contribution >= 4 is 16.9 Å². The van der Waals surface area contributed by atoms with Crippen LogP contribution in [-0.2, 0) is 11.8 Å². The maximum Gasteiger partial charge on any atom is 0.335 e. The lowest BCUT2D eigenvalue weighted by Gasteiger charge is -2.29. The summed E-state index contributed by atoms with van der Waals surface area (Å²) in [6.07, 6.45) is 2.54. The van der Waals surface area contributed by atoms with Crippen LogP contribution in [0.15, 0.2) is 60.9 Å². The number of nitrogens with one attached hydrogen (secondary N) is 1. The van der Waals surface area contributed by atoms with Gasteiger partial charge in [-0.1, -0.05) is 26.0 Å². The zero-order valence-electron chi connectivity index (χ0n) is 21.5. The SMILES string of the molecule is COc1cc(-n2c(C(C)(C)CCc3ncn[nH]3)c(-c3ccc(C(=O)O)cc3)c3c(O)cc(F)cc32)ccc1F. The van der Waals surface area contributed by atoms with Crippen LogP contribution in [0.1, 0.15) is 42.1 Å². The highest BCUT2D eigenvalue weighted by molar-refractivity contribution is 6.04. The average Bonchev–Trinajstić information content (AvgIpc) is 3.55. The third-order valence-electron chi connectivity index (χ3n) is 6.92. The number of hydrogen-bond acceptors (Lipinski definition) is 5. The van der Waals surface area contributed by atoms with Gasteiger partial charge in [-0.2, -0.15) is 5.10 Å². The van der Waals surface area contributed by atoms with E-state index in [1.165, 1.54) is 43.8 Å². The van der Waals surface area contributed by atoms with E-state index in [-0.39, 0.29) is 17.1 Å². The van der Waals surface area contributed by atoms with Gasteiger partial charge < -0.3 is 19.5 Å². The number of fused-ring (bicyclic) bond motifs is 1. The lowest BCUT2D eigenvalue weighted by atomic mass is 9.80. The third kappa shape index (κ3) is 4.69. The number of aromatic amines is 1. The van der Waals surface area contributed by atoms with Crippen molar-refractivity contribution in [3.05, 3.63) is 89.6 Å². The Hall–Kier alpha value is -4.73. The molecule has 0 spiro atoms. The van der Waals surface area contributed by atoms with E-state index in [0.717, 1.165) is 6.07 Å². The van der Waals surface area contributed by atoms with Gasteiger partial charge in [0.15, 0.2) is 11.6 Å². The van der Waals surface area contributed by atoms with Crippen molar-refractivity contribution in [3.8, 4) is 28.3 Å². The number of carbonyl (C=O) groups is 1. The number of aromatic hydroxyl groups is 1. The lowest BCUT2D eigenvalue weighted by Crippen LogP contribution is -2.23. The first-order valence-electron chi connectivity index (χ1n) is 12.2. The van der Waals surface area contributed by atoms with Gasteiger partial charge in [0.2, 0.25) is 0 Å². The van der Waals surface area contributed by atoms with Gasteiger partial charge >= 0.3 is 5.97 Å². The maximum atomic E-state index is 14.8. The number of phenolic OH excluding ortho intramolecular Hbond substituents is 1. The van der Waals surface area contributed by atoms with Crippen LogP contribution in [0.5, 0.6) is 11.5 Å². The summed E-state index contributed by atoms with van der Waals surface area (Å²) in [4.78, 5) is 15.7. The number of phenols is 1. The number of carboxylic acids is 1. The number of hydrogen-bond donors (Lipinski definition) is 3. The average molecular weight is 533 g/mol. The van der Waals surface area contributed by atoms with Crippen molar-refractivity contribution in [2.75, 3.05) is 7.11 Å². The number of carboxylic acid groups (broad SMARTS) is 1. The van der Waals surface area contributed by atoms with E-state index < -0.39 is 23.0 Å². The first-order chi connectivity index (χ1) is 18.6. The normalized spacial score (nSPS) is 11.7. The van der Waals surface area contributed by atoms with E-state index in [0.29, 0.717) is 52.1 Å². The van der Waals surface area contributed by atoms with E-state index in [1.807, 2.05) is 13.8 Å². The topological polar surface area (TPSA) is 113 Å². The number of rotatable bonds is 8. The molecule has 3 aromatic carbocycles. The zero-order valence-corrected chi connectivity index (χ0v) is 21.5. The minimum atomic E-state index is -1.07. The molecule has 200 valence electrons. The summed E-state index contributed by atoms with van der Waals surface area (Å²) < 4.78 is 36.2. The van der Waals surface area contributed by atoms with Crippen molar-refractivity contribution in [3.63, 3.8) is 0 Å². The summed E-state index contributed by atoms with van der Waals surface area (Å²) in [6.45, 7) is 4.02. The number of aryl methyl sites for hydroxylation is 1. The highest BCUT2D eigenvalue weighted by atomic mass is 19.1. The van der Waals surface area contributed by atoms with Crippen LogP contribution in [0.4, 0.5) is 8.78 Å². The number of halogens is 2. The van der Waals surface area contributed by atoms with Crippen molar-refractivity contribution in [1.29, 1.82) is 0 Å². The Morgan fingerprint density at radius 1 is 1.10 bits per heavy atom. The van der Waals surface area contributed by atoms with Crippen LogP contribution >= 0.6 is 0 Å². The molecule has 0 amide bonds. The molecule has 0 radical (unpaired) electrons. The predicted molar refractivity (Wildman–Crippen MR) is 142 cm³/mol. The molecule has 10 heteroatoms. The second-order valence-electron chi connectivity index (χ2n) is 9.90. The molecule has 0 saturated heterocycles. The Balaban J connectivity index is 1.86. The quantitative estimate of drug-likeness (QED) is 0.225. The molecule has 39 heavy (non-hydrogen) atoms. The van der Waals surface area contributed by atoms with Crippen molar-refractivity contribution in [2.24, 2.45) is 0 Å². The van der Waals surface area contributed by atoms with E-state index in [9.17, 15) is 23.8 Å². The Kier molecular flexibility index (Phi) is 6.55. The van der Waals surface area contributed by atoms with Gasteiger partial charge in [0.25, 0.3) is 0 Å². The fraction of sp³-hybridized carbons (Fsp3) is 0.207. The van der Waals surface area contributed by atoms with Crippen LogP contribution in [0, 0.1) is 11.6 Å². The molecule has 0 atom stereocenters. The highest BCUT2D eigenvalue weighted by Gasteiger charge is 2.33. The molecular weight excluding hydrogens is 506 g/mol. The molecule has 0 unspecified atom stereocenters. The second-order valence-corrected chi connectivity index (χ2v) is 9.90. The van der Waals surface area contributed by atoms with E-state index >= 15 is 0 Å². The molecule has 0 saturated carbocycles. The largest absolute Gasteiger partial charge is 0.507 e. The van der Waals surface area contributed by atoms with Crippen LogP contribution in [-0.4, -0.2) is 43.0 Å². The van der Waals surface area contributed by atoms with Crippen LogP contribution in [0.25, 0.3) is 27.7 Å². The Morgan fingerprint density at radius 3 is 2.49 bits per heavy atom. The van der Waals surface area contributed by atoms with E-state index in [2.05, 4.69) is 15.2 Å². The molecule has 0 aliphatic heterocycles. The first kappa shape index (κ1) is 25.9. The number of nitrogens with zero attached hydrogens (tertiary/aromatic N) is 3. The van der Waals surface area contributed by atoms with E-state index in [1.54, 1.807) is 22.8 Å². The fourth-order valence-electron chi connectivity index (χ4n) is 5.02. The Labute approximate surface area is 222 Å². The van der Waals surface area contributed by atoms with Gasteiger partial charge in [-0.25, -0.2) is 18.6 Å². The number of ether oxygens (including phenoxy) is 1. The number of H-pyrrole nitrogens is 1. The monoisotopic (exact) mass is 532 g/mol. The number of aromatic nitrogens is 4. The van der Waals surface area contributed by atoms with Gasteiger partial charge in [0.1, 0.15) is 23.7 Å². The van der Waals surface area contributed by atoms with Crippen molar-refractivity contribution in [2.45, 2.75) is 32.1 Å². The molecular formula is C29H26F2N4O4. The molecule has 2 heterocycles. The summed E-state index contributed by atoms with van der Waals surface area (Å²) in [7, 11) is 1.36. The summed E-state index contributed by atoms with van der Waals surface area (Å²) in [5.74, 6) is -1.85. The summed E-state index contributed by atoms with van der Waals surface area (Å²) in [5.41, 5.74) is 2.27. The molecule has 0 aliphatic carbocycles. The zero-order chi connectivity index (χ0) is 27.9. The third-order valence-corrected chi connectivity index (χ3v) is 6.92. The fourth-order valence-corrected chi connectivity index (χ4v) is 5.02. The van der Waals surface area contributed by atoms with E-state index in [4.69, 9.17) is 4.74 Å². The molecule has 5 rings (SSSR count). The van der Waals surface area contributed by atoms with Crippen molar-refractivity contribution < 1.29 is 28.5 Å². The standard InChI is InChI=1S/C29H26F2N4O4/c1-29(2,11-10-24-32-15-33-34-24)27-25(16-4-6-17(7-5-16)28(37)38)26-21(12-18(30)13-22(26)36)35(27)19-8-9-20(31)23(14-19)39-3/h4-9,12-15,36H,10-11H2,1-3H3,(H,37,38)(H,32,33,34). The van der Waals surface area contributed by atoms with Gasteiger partial charge in [0, 0.05) is 40.9 Å². The van der Waals surface area contributed by atoms with Gasteiger partial charge in [-0.05, 0) is 42.3 Å². The van der Waals surface area contributed by atoms with Crippen LogP contribution in [0.3, 0.4) is 0 Å². The predicted octanol–water partition coefficient (Wildman–Crippen LogP) is 6.02. The number of benzene rings is 3. The Bertz CT molecular complexity index is 1680. The molecule has 0 fully saturated rings. The summed E-state index contributed by atoms with van der Waals surface area (Å²) in [6, 6.07) is 13.0. The smallest absolute Gasteiger partial charge is 0.335 e. The first-order valence-corrected chi connectivity index (χ1v) is 12.2. The van der Waals surface area contributed by atoms with Gasteiger partial charge in [-0.3, -0.25) is 5.10 Å². The van der Waals surface area contributed by atoms with Crippen molar-refractivity contribution in [1.82, 2.24) is 19.7 Å². The second kappa shape index (κ2) is 9.86. The van der Waals surface area contributed by atoms with Gasteiger partial charge in [0.05, 0.1) is 23.6 Å². The molecule has 5 aromatic rings. The molecule has 0 bridgehead atoms. The molecule has 8 nitrogen and oxygen atoms in total. The number of aromatic carboxylic acids is 1. The summed E-state index contributed by atoms with van der Waals surface area (Å²) in [5, 5.41) is 27.6. The maximum absolute atomic E-state index is 14.8. The van der Waals surface area contributed by atoms with Gasteiger partial charge in [-0.15, -0.1) is 0 Å². The molecule has 0 aliphatic rings. The molecule has 3 N–H and O–H groups in total. The molecule has 2 aromatic heterocycles. The highest BCUT2D eigenvalue weighted by Crippen LogP contribution is 2.47.